The van der Waals surface area contributed by atoms with Gasteiger partial charge in [0.2, 0.25) is 5.91 Å². The van der Waals surface area contributed by atoms with Gasteiger partial charge in [-0.15, -0.1) is 0 Å². The van der Waals surface area contributed by atoms with E-state index in [1.165, 1.54) is 0 Å². The van der Waals surface area contributed by atoms with Crippen LogP contribution in [0.5, 0.6) is 0 Å². The number of nitrogens with zero attached hydrogens (tertiary/aromatic N) is 4. The van der Waals surface area contributed by atoms with E-state index >= 15 is 0 Å². The first kappa shape index (κ1) is 15.0. The van der Waals surface area contributed by atoms with Gasteiger partial charge in [0, 0.05) is 25.5 Å². The summed E-state index contributed by atoms with van der Waals surface area (Å²) in [5, 5.41) is 18.2. The average Bonchev–Trinajstić information content (AvgIpc) is 3.02. The van der Waals surface area contributed by atoms with E-state index in [2.05, 4.69) is 17.1 Å². The molecule has 1 fully saturated rings. The third-order valence-electron chi connectivity index (χ3n) is 3.96. The van der Waals surface area contributed by atoms with Gasteiger partial charge in [-0.25, -0.2) is 0 Å². The second-order valence-corrected chi connectivity index (χ2v) is 5.40. The monoisotopic (exact) mass is 282 g/mol. The Morgan fingerprint density at radius 1 is 1.38 bits per heavy atom. The minimum Gasteiger partial charge on any atom is -0.336 e. The van der Waals surface area contributed by atoms with E-state index in [4.69, 9.17) is 5.26 Å². The highest BCUT2D eigenvalue weighted by Gasteiger charge is 2.43. The summed E-state index contributed by atoms with van der Waals surface area (Å²) in [4.78, 5) is 18.5. The highest BCUT2D eigenvalue weighted by molar-refractivity contribution is 5.85. The van der Waals surface area contributed by atoms with Crippen LogP contribution >= 0.6 is 0 Å². The molecule has 0 aromatic carbocycles. The first-order valence-corrected chi connectivity index (χ1v) is 7.18. The minimum absolute atomic E-state index is 0.137. The van der Waals surface area contributed by atoms with E-state index in [0.29, 0.717) is 25.9 Å². The van der Waals surface area contributed by atoms with Gasteiger partial charge in [0.1, 0.15) is 5.41 Å². The van der Waals surface area contributed by atoms with Crippen LogP contribution in [0.25, 0.3) is 0 Å². The maximum atomic E-state index is 12.8. The summed E-state index contributed by atoms with van der Waals surface area (Å²) in [6, 6.07) is 8.01. The van der Waals surface area contributed by atoms with Crippen molar-refractivity contribution < 1.29 is 4.79 Å². The molecule has 0 saturated heterocycles. The Morgan fingerprint density at radius 3 is 2.71 bits per heavy atom. The summed E-state index contributed by atoms with van der Waals surface area (Å²) in [5.74, 6) is -0.137. The molecule has 0 unspecified atom stereocenters. The number of hydrogen-bond donors (Lipinski definition) is 0. The summed E-state index contributed by atoms with van der Waals surface area (Å²) in [6.07, 6.45) is 6.74. The molecule has 108 valence electrons. The summed E-state index contributed by atoms with van der Waals surface area (Å²) < 4.78 is 0. The number of hydrogen-bond acceptors (Lipinski definition) is 4. The largest absolute Gasteiger partial charge is 0.336 e. The molecule has 1 aliphatic carbocycles. The van der Waals surface area contributed by atoms with E-state index in [1.54, 1.807) is 17.3 Å². The van der Waals surface area contributed by atoms with Crippen molar-refractivity contribution in [3.63, 3.8) is 0 Å². The number of nitriles is 2. The highest BCUT2D eigenvalue weighted by Crippen LogP contribution is 2.39. The molecule has 0 N–H and O–H groups in total. The van der Waals surface area contributed by atoms with Gasteiger partial charge >= 0.3 is 0 Å². The molecule has 1 amide bonds. The van der Waals surface area contributed by atoms with Crippen LogP contribution in [0.3, 0.4) is 0 Å². The zero-order valence-corrected chi connectivity index (χ0v) is 12.0. The molecular formula is C16H18N4O. The van der Waals surface area contributed by atoms with E-state index in [0.717, 1.165) is 18.4 Å². The smallest absolute Gasteiger partial charge is 0.243 e. The lowest BCUT2D eigenvalue weighted by molar-refractivity contribution is -0.139. The van der Waals surface area contributed by atoms with Crippen LogP contribution in [0.4, 0.5) is 0 Å². The van der Waals surface area contributed by atoms with E-state index in [-0.39, 0.29) is 12.3 Å². The Labute approximate surface area is 124 Å². The number of aromatic nitrogens is 1. The Kier molecular flexibility index (Phi) is 4.90. The number of carbonyl (C=O) groups is 1. The highest BCUT2D eigenvalue weighted by atomic mass is 16.2. The second-order valence-electron chi connectivity index (χ2n) is 5.40. The van der Waals surface area contributed by atoms with Crippen LogP contribution in [0.15, 0.2) is 24.5 Å². The van der Waals surface area contributed by atoms with Crippen LogP contribution in [0.1, 0.15) is 37.7 Å². The molecule has 21 heavy (non-hydrogen) atoms. The number of carbonyl (C=O) groups excluding carboxylic acids is 1. The lowest BCUT2D eigenvalue weighted by Gasteiger charge is -2.29. The lowest BCUT2D eigenvalue weighted by Crippen LogP contribution is -2.42. The second kappa shape index (κ2) is 6.85. The van der Waals surface area contributed by atoms with E-state index in [9.17, 15) is 10.1 Å². The molecule has 1 aromatic rings. The molecule has 1 aliphatic rings. The van der Waals surface area contributed by atoms with Crippen LogP contribution in [-0.4, -0.2) is 22.3 Å². The fourth-order valence-corrected chi connectivity index (χ4v) is 2.80. The Balaban J connectivity index is 2.17. The first-order chi connectivity index (χ1) is 10.2. The number of amides is 1. The van der Waals surface area contributed by atoms with Crippen LogP contribution in [0, 0.1) is 28.1 Å². The quantitative estimate of drug-likeness (QED) is 0.830. The van der Waals surface area contributed by atoms with Gasteiger partial charge in [0.15, 0.2) is 0 Å². The third-order valence-corrected chi connectivity index (χ3v) is 3.96. The van der Waals surface area contributed by atoms with Gasteiger partial charge in [-0.2, -0.15) is 10.5 Å². The number of pyridine rings is 1. The van der Waals surface area contributed by atoms with Crippen molar-refractivity contribution in [1.82, 2.24) is 9.88 Å². The van der Waals surface area contributed by atoms with E-state index < -0.39 is 5.41 Å². The van der Waals surface area contributed by atoms with Crippen molar-refractivity contribution in [2.24, 2.45) is 5.41 Å². The molecule has 1 saturated carbocycles. The Bertz CT molecular complexity index is 564. The maximum absolute atomic E-state index is 12.8. The zero-order valence-electron chi connectivity index (χ0n) is 12.0. The Morgan fingerprint density at radius 2 is 2.14 bits per heavy atom. The van der Waals surface area contributed by atoms with E-state index in [1.807, 2.05) is 12.1 Å². The van der Waals surface area contributed by atoms with Crippen molar-refractivity contribution in [3.8, 4) is 12.1 Å². The van der Waals surface area contributed by atoms with Crippen molar-refractivity contribution in [2.75, 3.05) is 6.54 Å². The molecule has 0 spiro atoms. The average molecular weight is 282 g/mol. The molecule has 0 atom stereocenters. The molecule has 0 bridgehead atoms. The van der Waals surface area contributed by atoms with Crippen LogP contribution in [0.2, 0.25) is 0 Å². The molecule has 1 aromatic heterocycles. The lowest BCUT2D eigenvalue weighted by atomic mass is 9.86. The molecular weight excluding hydrogens is 264 g/mol. The van der Waals surface area contributed by atoms with Crippen LogP contribution in [-0.2, 0) is 11.3 Å². The summed E-state index contributed by atoms with van der Waals surface area (Å²) in [6.45, 7) is 0.755. The Hall–Kier alpha value is -2.40. The topological polar surface area (TPSA) is 80.8 Å². The minimum atomic E-state index is -0.891. The molecule has 5 heteroatoms. The molecule has 0 aliphatic heterocycles. The standard InChI is InChI=1S/C16H18N4O/c17-8-4-10-20(12-14-5-3-9-19-11-14)15(21)16(13-18)6-1-2-7-16/h3,5,9,11H,1-2,4,6-7,10,12H2. The third kappa shape index (κ3) is 3.38. The molecule has 0 radical (unpaired) electrons. The normalized spacial score (nSPS) is 15.9. The number of rotatable bonds is 5. The van der Waals surface area contributed by atoms with Crippen molar-refractivity contribution in [3.05, 3.63) is 30.1 Å². The van der Waals surface area contributed by atoms with Crippen molar-refractivity contribution in [2.45, 2.75) is 38.6 Å². The summed E-state index contributed by atoms with van der Waals surface area (Å²) in [5.41, 5.74) is 0.0207. The first-order valence-electron chi connectivity index (χ1n) is 7.18. The maximum Gasteiger partial charge on any atom is 0.243 e. The molecule has 5 nitrogen and oxygen atoms in total. The van der Waals surface area contributed by atoms with Gasteiger partial charge in [0.05, 0.1) is 18.6 Å². The zero-order chi connectivity index (χ0) is 15.1. The fraction of sp³-hybridized carbons (Fsp3) is 0.500. The van der Waals surface area contributed by atoms with Gasteiger partial charge in [-0.05, 0) is 24.5 Å². The van der Waals surface area contributed by atoms with Gasteiger partial charge in [0.25, 0.3) is 0 Å². The fourth-order valence-electron chi connectivity index (χ4n) is 2.80. The van der Waals surface area contributed by atoms with Crippen molar-refractivity contribution >= 4 is 5.91 Å². The summed E-state index contributed by atoms with van der Waals surface area (Å²) in [7, 11) is 0. The van der Waals surface area contributed by atoms with Gasteiger partial charge in [-0.1, -0.05) is 18.9 Å². The van der Waals surface area contributed by atoms with Crippen molar-refractivity contribution in [1.29, 1.82) is 10.5 Å². The molecule has 2 rings (SSSR count). The predicted molar refractivity (Wildman–Crippen MR) is 76.4 cm³/mol. The predicted octanol–water partition coefficient (Wildman–Crippen LogP) is 2.41. The SMILES string of the molecule is N#CCCN(Cc1cccnc1)C(=O)C1(C#N)CCCC1. The van der Waals surface area contributed by atoms with Gasteiger partial charge < -0.3 is 4.90 Å². The molecule has 1 heterocycles. The summed E-state index contributed by atoms with van der Waals surface area (Å²) >= 11 is 0. The van der Waals surface area contributed by atoms with Crippen LogP contribution < -0.4 is 0 Å². The van der Waals surface area contributed by atoms with Gasteiger partial charge in [-0.3, -0.25) is 9.78 Å².